The van der Waals surface area contributed by atoms with Gasteiger partial charge in [-0.3, -0.25) is 4.79 Å². The highest BCUT2D eigenvalue weighted by Gasteiger charge is 2.52. The average Bonchev–Trinajstić information content (AvgIpc) is 3.26. The van der Waals surface area contributed by atoms with E-state index in [1.807, 2.05) is 0 Å². The Hall–Kier alpha value is -0.770. The van der Waals surface area contributed by atoms with Crippen molar-refractivity contribution < 1.29 is 39.4 Å². The molecule has 0 amide bonds. The first-order valence-electron chi connectivity index (χ1n) is 20.3. The molecule has 1 aliphatic rings. The van der Waals surface area contributed by atoms with E-state index in [0.29, 0.717) is 13.0 Å². The van der Waals surface area contributed by atoms with Crippen molar-refractivity contribution in [3.63, 3.8) is 0 Å². The number of carbonyl (C=O) groups is 1. The number of hydrogen-bond acceptors (Lipinski definition) is 8. The fourth-order valence-corrected chi connectivity index (χ4v) is 6.83. The van der Waals surface area contributed by atoms with Gasteiger partial charge in [-0.05, 0) is 24.7 Å². The van der Waals surface area contributed by atoms with E-state index in [-0.39, 0.29) is 19.6 Å². The molecule has 5 unspecified atom stereocenters. The zero-order chi connectivity index (χ0) is 35.4. The first-order valence-corrected chi connectivity index (χ1v) is 20.3. The third-order valence-electron chi connectivity index (χ3n) is 10.2. The van der Waals surface area contributed by atoms with Gasteiger partial charge in [0.1, 0.15) is 30.5 Å². The van der Waals surface area contributed by atoms with Gasteiger partial charge in [0.15, 0.2) is 6.10 Å². The Morgan fingerprint density at radius 3 is 1.56 bits per heavy atom. The van der Waals surface area contributed by atoms with Gasteiger partial charge in [-0.15, -0.1) is 0 Å². The molecule has 0 aromatic carbocycles. The SMILES string of the molecule is CCCCCCC(C)CCCCCCCCCOC[C@H](O)COC1C(OC(=O)CCCCCCCC(C)CCCCC)[C@H](O)C(O)[C@@H]1O. The van der Waals surface area contributed by atoms with Gasteiger partial charge >= 0.3 is 5.97 Å². The number of unbranched alkanes of at least 4 members (excludes halogenated alkanes) is 15. The first kappa shape index (κ1) is 45.3. The fourth-order valence-electron chi connectivity index (χ4n) is 6.83. The van der Waals surface area contributed by atoms with E-state index in [0.717, 1.165) is 43.9 Å². The molecular weight excluding hydrogens is 608 g/mol. The van der Waals surface area contributed by atoms with Crippen LogP contribution in [-0.4, -0.2) is 82.8 Å². The first-order chi connectivity index (χ1) is 23.2. The number of ether oxygens (including phenoxy) is 3. The molecule has 0 heterocycles. The van der Waals surface area contributed by atoms with E-state index in [9.17, 15) is 25.2 Å². The summed E-state index contributed by atoms with van der Waals surface area (Å²) < 4.78 is 16.8. The minimum absolute atomic E-state index is 0.0901. The maximum absolute atomic E-state index is 12.5. The second-order valence-corrected chi connectivity index (χ2v) is 15.1. The van der Waals surface area contributed by atoms with Crippen molar-refractivity contribution in [1.82, 2.24) is 0 Å². The van der Waals surface area contributed by atoms with Gasteiger partial charge in [0.05, 0.1) is 13.2 Å². The maximum Gasteiger partial charge on any atom is 0.306 e. The Kier molecular flexibility index (Phi) is 28.2. The van der Waals surface area contributed by atoms with Crippen molar-refractivity contribution in [2.75, 3.05) is 19.8 Å². The van der Waals surface area contributed by atoms with Gasteiger partial charge < -0.3 is 34.6 Å². The lowest BCUT2D eigenvalue weighted by atomic mass is 9.96. The van der Waals surface area contributed by atoms with Crippen molar-refractivity contribution in [3.05, 3.63) is 0 Å². The van der Waals surface area contributed by atoms with E-state index in [2.05, 4.69) is 27.7 Å². The quantitative estimate of drug-likeness (QED) is 0.0401. The number of aliphatic hydroxyl groups is 4. The lowest BCUT2D eigenvalue weighted by Gasteiger charge is -2.24. The van der Waals surface area contributed by atoms with Crippen LogP contribution in [0.4, 0.5) is 0 Å². The molecule has 8 nitrogen and oxygen atoms in total. The molecular formula is C40H78O8. The van der Waals surface area contributed by atoms with Crippen molar-refractivity contribution in [1.29, 1.82) is 0 Å². The van der Waals surface area contributed by atoms with Crippen LogP contribution in [0.3, 0.4) is 0 Å². The van der Waals surface area contributed by atoms with E-state index in [1.165, 1.54) is 109 Å². The standard InChI is InChI=1S/C40H78O8/c1-5-7-9-19-25-33(4)27-20-14-11-10-12-17-23-29-46-30-34(41)31-47-39-37(44)36(43)38(45)40(39)48-35(42)28-22-16-13-15-21-26-32(3)24-18-8-6-2/h32-34,36-41,43-45H,5-31H2,1-4H3/t32?,33?,34-,36?,37-,38+,39?,40?/m0/s1. The van der Waals surface area contributed by atoms with E-state index in [1.54, 1.807) is 0 Å². The molecule has 8 heteroatoms. The van der Waals surface area contributed by atoms with Crippen molar-refractivity contribution in [3.8, 4) is 0 Å². The summed E-state index contributed by atoms with van der Waals surface area (Å²) in [5, 5.41) is 41.4. The highest BCUT2D eigenvalue weighted by molar-refractivity contribution is 5.69. The zero-order valence-electron chi connectivity index (χ0n) is 31.6. The highest BCUT2D eigenvalue weighted by Crippen LogP contribution is 2.28. The average molecular weight is 687 g/mol. The van der Waals surface area contributed by atoms with Crippen LogP contribution in [0.15, 0.2) is 0 Å². The van der Waals surface area contributed by atoms with Crippen LogP contribution in [-0.2, 0) is 19.0 Å². The van der Waals surface area contributed by atoms with Gasteiger partial charge in [-0.2, -0.15) is 0 Å². The van der Waals surface area contributed by atoms with Gasteiger partial charge in [0.2, 0.25) is 0 Å². The van der Waals surface area contributed by atoms with E-state index >= 15 is 0 Å². The summed E-state index contributed by atoms with van der Waals surface area (Å²) in [5.74, 6) is 1.16. The summed E-state index contributed by atoms with van der Waals surface area (Å²) in [4.78, 5) is 12.5. The summed E-state index contributed by atoms with van der Waals surface area (Å²) >= 11 is 0. The third kappa shape index (κ3) is 22.1. The predicted molar refractivity (Wildman–Crippen MR) is 195 cm³/mol. The molecule has 1 aliphatic carbocycles. The molecule has 0 aromatic rings. The molecule has 0 radical (unpaired) electrons. The van der Waals surface area contributed by atoms with Crippen LogP contribution in [0, 0.1) is 11.8 Å². The van der Waals surface area contributed by atoms with E-state index < -0.39 is 42.6 Å². The maximum atomic E-state index is 12.5. The smallest absolute Gasteiger partial charge is 0.306 e. The summed E-state index contributed by atoms with van der Waals surface area (Å²) in [5.41, 5.74) is 0. The molecule has 1 saturated carbocycles. The zero-order valence-corrected chi connectivity index (χ0v) is 31.6. The summed E-state index contributed by atoms with van der Waals surface area (Å²) in [7, 11) is 0. The van der Waals surface area contributed by atoms with E-state index in [4.69, 9.17) is 14.2 Å². The van der Waals surface area contributed by atoms with Gasteiger partial charge in [-0.25, -0.2) is 0 Å². The second kappa shape index (κ2) is 29.9. The molecule has 0 bridgehead atoms. The molecule has 4 N–H and O–H groups in total. The molecule has 48 heavy (non-hydrogen) atoms. The van der Waals surface area contributed by atoms with Crippen LogP contribution in [0.25, 0.3) is 0 Å². The van der Waals surface area contributed by atoms with Gasteiger partial charge in [0, 0.05) is 13.0 Å². The van der Waals surface area contributed by atoms with Crippen molar-refractivity contribution in [2.45, 2.75) is 218 Å². The number of esters is 1. The van der Waals surface area contributed by atoms with Crippen molar-refractivity contribution >= 4 is 5.97 Å². The topological polar surface area (TPSA) is 126 Å². The highest BCUT2D eigenvalue weighted by atomic mass is 16.6. The lowest BCUT2D eigenvalue weighted by Crippen LogP contribution is -2.41. The Morgan fingerprint density at radius 1 is 0.562 bits per heavy atom. The van der Waals surface area contributed by atoms with Crippen LogP contribution in [0.5, 0.6) is 0 Å². The summed E-state index contributed by atoms with van der Waals surface area (Å²) in [6, 6.07) is 0. The lowest BCUT2D eigenvalue weighted by molar-refractivity contribution is -0.168. The molecule has 1 fully saturated rings. The number of rotatable bonds is 33. The number of hydrogen-bond donors (Lipinski definition) is 4. The Balaban J connectivity index is 2.12. The van der Waals surface area contributed by atoms with Crippen LogP contribution in [0.2, 0.25) is 0 Å². The monoisotopic (exact) mass is 687 g/mol. The van der Waals surface area contributed by atoms with Crippen LogP contribution < -0.4 is 0 Å². The Labute approximate surface area is 295 Å². The summed E-state index contributed by atoms with van der Waals surface area (Å²) in [6.07, 6.45) is 20.8. The third-order valence-corrected chi connectivity index (χ3v) is 10.2. The second-order valence-electron chi connectivity index (χ2n) is 15.1. The normalized spacial score (nSPS) is 23.0. The Morgan fingerprint density at radius 2 is 1.00 bits per heavy atom. The molecule has 8 atom stereocenters. The molecule has 0 aliphatic heterocycles. The largest absolute Gasteiger partial charge is 0.457 e. The minimum atomic E-state index is -1.49. The van der Waals surface area contributed by atoms with Gasteiger partial charge in [0.25, 0.3) is 0 Å². The molecule has 0 spiro atoms. The molecule has 0 saturated heterocycles. The molecule has 1 rings (SSSR count). The minimum Gasteiger partial charge on any atom is -0.457 e. The fraction of sp³-hybridized carbons (Fsp3) is 0.975. The van der Waals surface area contributed by atoms with Crippen LogP contribution >= 0.6 is 0 Å². The molecule has 0 aromatic heterocycles. The summed E-state index contributed by atoms with van der Waals surface area (Å²) in [6.45, 7) is 9.73. The number of carbonyl (C=O) groups excluding carboxylic acids is 1. The van der Waals surface area contributed by atoms with Crippen LogP contribution in [0.1, 0.15) is 182 Å². The number of aliphatic hydroxyl groups excluding tert-OH is 4. The predicted octanol–water partition coefficient (Wildman–Crippen LogP) is 8.43. The van der Waals surface area contributed by atoms with Gasteiger partial charge in [-0.1, -0.05) is 163 Å². The van der Waals surface area contributed by atoms with Crippen molar-refractivity contribution in [2.24, 2.45) is 11.8 Å². The molecule has 286 valence electrons. The Bertz CT molecular complexity index is 736.